The molecule has 0 amide bonds. The summed E-state index contributed by atoms with van der Waals surface area (Å²) in [6.07, 6.45) is 1.39. The highest BCUT2D eigenvalue weighted by Gasteiger charge is 2.27. The molecule has 1 aliphatic rings. The molecule has 0 aromatic heterocycles. The average Bonchev–Trinajstić information content (AvgIpc) is 2.47. The van der Waals surface area contributed by atoms with Crippen LogP contribution in [0.2, 0.25) is 0 Å². The van der Waals surface area contributed by atoms with Crippen molar-refractivity contribution >= 4 is 15.9 Å². The molecule has 1 fully saturated rings. The fourth-order valence-corrected chi connectivity index (χ4v) is 3.68. The van der Waals surface area contributed by atoms with E-state index in [4.69, 9.17) is 9.84 Å². The second-order valence-electron chi connectivity index (χ2n) is 5.27. The molecule has 21 heavy (non-hydrogen) atoms. The molecule has 1 aromatic carbocycles. The molecule has 0 atom stereocenters. The van der Waals surface area contributed by atoms with Crippen LogP contribution in [0.15, 0.2) is 24.3 Å². The van der Waals surface area contributed by atoms with Crippen molar-refractivity contribution in [2.75, 3.05) is 31.5 Å². The van der Waals surface area contributed by atoms with E-state index in [2.05, 4.69) is 4.72 Å². The Bertz CT molecular complexity index is 554. The Balaban J connectivity index is 2.02. The number of nitrogens with one attached hydrogen (secondary N) is 1. The van der Waals surface area contributed by atoms with Crippen LogP contribution in [0.1, 0.15) is 18.4 Å². The predicted octanol–water partition coefficient (Wildman–Crippen LogP) is 1.19. The minimum atomic E-state index is -3.54. The quantitative estimate of drug-likeness (QED) is 0.827. The van der Waals surface area contributed by atoms with E-state index in [9.17, 15) is 8.42 Å². The van der Waals surface area contributed by atoms with Crippen molar-refractivity contribution in [2.45, 2.75) is 19.4 Å². The lowest BCUT2D eigenvalue weighted by molar-refractivity contribution is 0.170. The van der Waals surface area contributed by atoms with Gasteiger partial charge in [-0.15, -0.1) is 0 Å². The Morgan fingerprint density at radius 3 is 2.71 bits per heavy atom. The van der Waals surface area contributed by atoms with Crippen molar-refractivity contribution in [3.05, 3.63) is 29.8 Å². The molecule has 7 heteroatoms. The molecule has 0 unspecified atom stereocenters. The minimum absolute atomic E-state index is 0.125. The minimum Gasteiger partial charge on any atom is -0.396 e. The zero-order chi connectivity index (χ0) is 15.3. The van der Waals surface area contributed by atoms with Crippen LogP contribution in [0.25, 0.3) is 0 Å². The smallest absolute Gasteiger partial charge is 0.301 e. The maximum atomic E-state index is 12.3. The normalized spacial score (nSPS) is 17.8. The first-order valence-electron chi connectivity index (χ1n) is 7.02. The maximum absolute atomic E-state index is 12.3. The lowest BCUT2D eigenvalue weighted by atomic mass is 10.00. The first-order chi connectivity index (χ1) is 10.0. The Hall–Kier alpha value is -1.15. The number of aliphatic hydroxyl groups excluding tert-OH is 1. The van der Waals surface area contributed by atoms with Crippen molar-refractivity contribution in [2.24, 2.45) is 5.92 Å². The fourth-order valence-electron chi connectivity index (χ4n) is 2.44. The Morgan fingerprint density at radius 1 is 1.38 bits per heavy atom. The molecule has 2 rings (SSSR count). The Labute approximate surface area is 125 Å². The fraction of sp³-hybridized carbons (Fsp3) is 0.571. The first-order valence-corrected chi connectivity index (χ1v) is 8.46. The van der Waals surface area contributed by atoms with E-state index < -0.39 is 10.2 Å². The topological polar surface area (TPSA) is 78.9 Å². The van der Waals surface area contributed by atoms with Gasteiger partial charge >= 0.3 is 10.2 Å². The monoisotopic (exact) mass is 314 g/mol. The van der Waals surface area contributed by atoms with Crippen molar-refractivity contribution in [3.8, 4) is 0 Å². The summed E-state index contributed by atoms with van der Waals surface area (Å²) in [5, 5.41) is 9.10. The SMILES string of the molecule is COCc1cccc(NS(=O)(=O)N2CCC(CO)CC2)c1. The number of hydrogen-bond donors (Lipinski definition) is 2. The highest BCUT2D eigenvalue weighted by molar-refractivity contribution is 7.90. The van der Waals surface area contributed by atoms with E-state index in [1.807, 2.05) is 6.07 Å². The van der Waals surface area contributed by atoms with Gasteiger partial charge in [-0.05, 0) is 36.5 Å². The summed E-state index contributed by atoms with van der Waals surface area (Å²) in [5.74, 6) is 0.210. The van der Waals surface area contributed by atoms with Crippen molar-refractivity contribution in [1.29, 1.82) is 0 Å². The zero-order valence-electron chi connectivity index (χ0n) is 12.2. The average molecular weight is 314 g/mol. The molecular formula is C14H22N2O4S. The van der Waals surface area contributed by atoms with Crippen LogP contribution in [0.4, 0.5) is 5.69 Å². The van der Waals surface area contributed by atoms with Crippen LogP contribution in [0.5, 0.6) is 0 Å². The zero-order valence-corrected chi connectivity index (χ0v) is 13.0. The maximum Gasteiger partial charge on any atom is 0.301 e. The molecule has 0 radical (unpaired) electrons. The van der Waals surface area contributed by atoms with E-state index >= 15 is 0 Å². The Morgan fingerprint density at radius 2 is 2.10 bits per heavy atom. The van der Waals surface area contributed by atoms with Crippen molar-refractivity contribution < 1.29 is 18.3 Å². The number of ether oxygens (including phenoxy) is 1. The number of hydrogen-bond acceptors (Lipinski definition) is 4. The van der Waals surface area contributed by atoms with Gasteiger partial charge in [-0.25, -0.2) is 0 Å². The largest absolute Gasteiger partial charge is 0.396 e. The van der Waals surface area contributed by atoms with E-state index in [1.54, 1.807) is 25.3 Å². The number of methoxy groups -OCH3 is 1. The van der Waals surface area contributed by atoms with Crippen LogP contribution in [0.3, 0.4) is 0 Å². The summed E-state index contributed by atoms with van der Waals surface area (Å²) in [6, 6.07) is 7.16. The molecule has 1 aromatic rings. The third-order valence-corrected chi connectivity index (χ3v) is 5.20. The summed E-state index contributed by atoms with van der Waals surface area (Å²) < 4.78 is 33.8. The number of aliphatic hydroxyl groups is 1. The van der Waals surface area contributed by atoms with Crippen LogP contribution in [0, 0.1) is 5.92 Å². The number of nitrogens with zero attached hydrogens (tertiary/aromatic N) is 1. The third-order valence-electron chi connectivity index (χ3n) is 3.66. The summed E-state index contributed by atoms with van der Waals surface area (Å²) in [6.45, 7) is 1.45. The molecular weight excluding hydrogens is 292 g/mol. The molecule has 118 valence electrons. The summed E-state index contributed by atoms with van der Waals surface area (Å²) >= 11 is 0. The molecule has 2 N–H and O–H groups in total. The van der Waals surface area contributed by atoms with Gasteiger partial charge in [0.2, 0.25) is 0 Å². The van der Waals surface area contributed by atoms with E-state index in [1.165, 1.54) is 4.31 Å². The summed E-state index contributed by atoms with van der Waals surface area (Å²) in [7, 11) is -1.94. The molecule has 0 bridgehead atoms. The third kappa shape index (κ3) is 4.41. The predicted molar refractivity (Wildman–Crippen MR) is 81.1 cm³/mol. The first kappa shape index (κ1) is 16.2. The molecule has 1 saturated heterocycles. The number of benzene rings is 1. The summed E-state index contributed by atoms with van der Waals surface area (Å²) in [5.41, 5.74) is 1.45. The van der Waals surface area contributed by atoms with Gasteiger partial charge in [0.05, 0.1) is 12.3 Å². The van der Waals surface area contributed by atoms with Gasteiger partial charge in [-0.2, -0.15) is 12.7 Å². The van der Waals surface area contributed by atoms with Crippen LogP contribution >= 0.6 is 0 Å². The van der Waals surface area contributed by atoms with E-state index in [0.717, 1.165) is 5.56 Å². The molecule has 0 saturated carbocycles. The number of rotatable bonds is 6. The van der Waals surface area contributed by atoms with Gasteiger partial charge in [-0.3, -0.25) is 4.72 Å². The van der Waals surface area contributed by atoms with Gasteiger partial charge in [0.15, 0.2) is 0 Å². The van der Waals surface area contributed by atoms with E-state index in [0.29, 0.717) is 38.2 Å². The van der Waals surface area contributed by atoms with Crippen molar-refractivity contribution in [1.82, 2.24) is 4.31 Å². The molecule has 0 aliphatic carbocycles. The molecule has 1 heterocycles. The second-order valence-corrected chi connectivity index (χ2v) is 6.94. The van der Waals surface area contributed by atoms with Gasteiger partial charge in [0.1, 0.15) is 0 Å². The standard InChI is InChI=1S/C14H22N2O4S/c1-20-11-13-3-2-4-14(9-13)15-21(18,19)16-7-5-12(10-17)6-8-16/h2-4,9,12,15,17H,5-8,10-11H2,1H3. The highest BCUT2D eigenvalue weighted by atomic mass is 32.2. The van der Waals surface area contributed by atoms with Crippen LogP contribution < -0.4 is 4.72 Å². The van der Waals surface area contributed by atoms with Crippen LogP contribution in [-0.2, 0) is 21.6 Å². The second kappa shape index (κ2) is 7.22. The molecule has 6 nitrogen and oxygen atoms in total. The van der Waals surface area contributed by atoms with E-state index in [-0.39, 0.29) is 12.5 Å². The van der Waals surface area contributed by atoms with Crippen molar-refractivity contribution in [3.63, 3.8) is 0 Å². The van der Waals surface area contributed by atoms with Gasteiger partial charge in [0, 0.05) is 26.8 Å². The lowest BCUT2D eigenvalue weighted by Crippen LogP contribution is -2.42. The number of anilines is 1. The molecule has 1 aliphatic heterocycles. The molecule has 0 spiro atoms. The Kier molecular flexibility index (Phi) is 5.58. The van der Waals surface area contributed by atoms with Crippen LogP contribution in [-0.4, -0.2) is 44.6 Å². The lowest BCUT2D eigenvalue weighted by Gasteiger charge is -2.30. The van der Waals surface area contributed by atoms with Gasteiger partial charge in [-0.1, -0.05) is 12.1 Å². The van der Waals surface area contributed by atoms with Gasteiger partial charge in [0.25, 0.3) is 0 Å². The highest BCUT2D eigenvalue weighted by Crippen LogP contribution is 2.21. The summed E-state index contributed by atoms with van der Waals surface area (Å²) in [4.78, 5) is 0. The number of piperidine rings is 1. The van der Waals surface area contributed by atoms with Gasteiger partial charge < -0.3 is 9.84 Å².